The van der Waals surface area contributed by atoms with Crippen molar-refractivity contribution in [3.05, 3.63) is 70.1 Å². The van der Waals surface area contributed by atoms with E-state index < -0.39 is 29.8 Å². The second-order valence-electron chi connectivity index (χ2n) is 6.89. The van der Waals surface area contributed by atoms with Crippen LogP contribution in [-0.4, -0.2) is 35.0 Å². The third-order valence-electron chi connectivity index (χ3n) is 4.82. The zero-order chi connectivity index (χ0) is 20.1. The Kier molecular flexibility index (Phi) is 6.18. The van der Waals surface area contributed by atoms with Crippen LogP contribution in [0.4, 0.5) is 13.2 Å². The van der Waals surface area contributed by atoms with Gasteiger partial charge >= 0.3 is 6.18 Å². The predicted molar refractivity (Wildman–Crippen MR) is 98.7 cm³/mol. The molecule has 1 aliphatic rings. The van der Waals surface area contributed by atoms with Gasteiger partial charge in [-0.2, -0.15) is 13.2 Å². The molecule has 1 unspecified atom stereocenters. The van der Waals surface area contributed by atoms with Crippen molar-refractivity contribution in [3.8, 4) is 0 Å². The fourth-order valence-electron chi connectivity index (χ4n) is 3.41. The summed E-state index contributed by atoms with van der Waals surface area (Å²) in [5.74, 6) is -0.505. The van der Waals surface area contributed by atoms with Crippen molar-refractivity contribution in [2.75, 3.05) is 19.6 Å². The maximum atomic E-state index is 12.9. The van der Waals surface area contributed by atoms with Gasteiger partial charge in [0.1, 0.15) is 12.1 Å². The quantitative estimate of drug-likeness (QED) is 0.821. The summed E-state index contributed by atoms with van der Waals surface area (Å²) in [5.41, 5.74) is -1.58. The van der Waals surface area contributed by atoms with Crippen LogP contribution < -0.4 is 10.9 Å². The van der Waals surface area contributed by atoms with E-state index in [0.717, 1.165) is 48.2 Å². The van der Waals surface area contributed by atoms with Crippen LogP contribution in [0.5, 0.6) is 0 Å². The zero-order valence-electron chi connectivity index (χ0n) is 15.3. The molecular weight excluding hydrogens is 371 g/mol. The molecule has 8 heteroatoms. The Morgan fingerprint density at radius 2 is 1.75 bits per heavy atom. The van der Waals surface area contributed by atoms with E-state index >= 15 is 0 Å². The molecule has 5 nitrogen and oxygen atoms in total. The number of alkyl halides is 3. The third kappa shape index (κ3) is 5.01. The first-order valence-corrected chi connectivity index (χ1v) is 9.18. The normalized spacial score (nSPS) is 16.1. The molecule has 2 heterocycles. The number of nitrogens with one attached hydrogen (secondary N) is 1. The van der Waals surface area contributed by atoms with Gasteiger partial charge in [-0.05, 0) is 43.6 Å². The standard InChI is InChI=1S/C20H22F3N3O2/c21-20(22,23)16-9-6-12-26(19(16)28)14-18(27)24-17(13-25-10-4-5-11-25)15-7-2-1-3-8-15/h1-3,6-9,12,17H,4-5,10-11,13-14H2,(H,24,27). The van der Waals surface area contributed by atoms with Crippen molar-refractivity contribution in [2.45, 2.75) is 31.6 Å². The van der Waals surface area contributed by atoms with Gasteiger partial charge in [0, 0.05) is 12.7 Å². The fourth-order valence-corrected chi connectivity index (χ4v) is 3.41. The van der Waals surface area contributed by atoms with Crippen LogP contribution in [0.3, 0.4) is 0 Å². The molecule has 1 amide bonds. The van der Waals surface area contributed by atoms with Gasteiger partial charge in [-0.25, -0.2) is 0 Å². The molecule has 1 aromatic carbocycles. The highest BCUT2D eigenvalue weighted by Crippen LogP contribution is 2.26. The van der Waals surface area contributed by atoms with Crippen molar-refractivity contribution in [3.63, 3.8) is 0 Å². The molecule has 1 fully saturated rings. The van der Waals surface area contributed by atoms with Crippen molar-refractivity contribution in [1.82, 2.24) is 14.8 Å². The summed E-state index contributed by atoms with van der Waals surface area (Å²) >= 11 is 0. The van der Waals surface area contributed by atoms with Gasteiger partial charge in [-0.3, -0.25) is 9.59 Å². The molecule has 0 spiro atoms. The second-order valence-corrected chi connectivity index (χ2v) is 6.89. The molecule has 1 N–H and O–H groups in total. The number of aromatic nitrogens is 1. The van der Waals surface area contributed by atoms with Crippen LogP contribution in [0.1, 0.15) is 30.0 Å². The van der Waals surface area contributed by atoms with E-state index in [9.17, 15) is 22.8 Å². The van der Waals surface area contributed by atoms with E-state index in [1.54, 1.807) is 0 Å². The Labute approximate surface area is 160 Å². The first kappa shape index (κ1) is 20.1. The minimum Gasteiger partial charge on any atom is -0.346 e. The molecule has 0 saturated carbocycles. The Morgan fingerprint density at radius 3 is 2.39 bits per heavy atom. The Hall–Kier alpha value is -2.61. The highest BCUT2D eigenvalue weighted by Gasteiger charge is 2.34. The van der Waals surface area contributed by atoms with Gasteiger partial charge in [0.25, 0.3) is 5.56 Å². The molecule has 28 heavy (non-hydrogen) atoms. The lowest BCUT2D eigenvalue weighted by Gasteiger charge is -2.25. The minimum atomic E-state index is -4.75. The van der Waals surface area contributed by atoms with E-state index in [2.05, 4.69) is 10.2 Å². The molecule has 150 valence electrons. The van der Waals surface area contributed by atoms with Crippen molar-refractivity contribution in [2.24, 2.45) is 0 Å². The molecule has 1 aromatic heterocycles. The van der Waals surface area contributed by atoms with E-state index in [1.165, 1.54) is 6.20 Å². The van der Waals surface area contributed by atoms with E-state index in [4.69, 9.17) is 0 Å². The number of amides is 1. The van der Waals surface area contributed by atoms with Crippen LogP contribution in [0.25, 0.3) is 0 Å². The highest BCUT2D eigenvalue weighted by molar-refractivity contribution is 5.76. The number of nitrogens with zero attached hydrogens (tertiary/aromatic N) is 2. The summed E-state index contributed by atoms with van der Waals surface area (Å²) in [6.07, 6.45) is -1.35. The highest BCUT2D eigenvalue weighted by atomic mass is 19.4. The number of carbonyl (C=O) groups excluding carboxylic acids is 1. The lowest BCUT2D eigenvalue weighted by Crippen LogP contribution is -2.40. The topological polar surface area (TPSA) is 54.3 Å². The van der Waals surface area contributed by atoms with Gasteiger partial charge in [0.15, 0.2) is 0 Å². The summed E-state index contributed by atoms with van der Waals surface area (Å²) in [6, 6.07) is 11.0. The molecule has 0 bridgehead atoms. The van der Waals surface area contributed by atoms with Crippen LogP contribution >= 0.6 is 0 Å². The molecule has 1 saturated heterocycles. The first-order chi connectivity index (χ1) is 13.3. The van der Waals surface area contributed by atoms with E-state index in [-0.39, 0.29) is 6.04 Å². The average molecular weight is 393 g/mol. The maximum absolute atomic E-state index is 12.9. The van der Waals surface area contributed by atoms with Crippen molar-refractivity contribution in [1.29, 1.82) is 0 Å². The van der Waals surface area contributed by atoms with Gasteiger partial charge in [-0.15, -0.1) is 0 Å². The summed E-state index contributed by atoms with van der Waals surface area (Å²) in [7, 11) is 0. The Bertz CT molecular complexity index is 859. The van der Waals surface area contributed by atoms with Gasteiger partial charge in [-0.1, -0.05) is 30.3 Å². The number of rotatable bonds is 6. The Morgan fingerprint density at radius 1 is 1.07 bits per heavy atom. The average Bonchev–Trinajstić information content (AvgIpc) is 3.16. The molecular formula is C20H22F3N3O2. The predicted octanol–water partition coefficient (Wildman–Crippen LogP) is 2.82. The van der Waals surface area contributed by atoms with Crippen molar-refractivity contribution < 1.29 is 18.0 Å². The number of pyridine rings is 1. The Balaban J connectivity index is 1.74. The van der Waals surface area contributed by atoms with Gasteiger partial charge in [0.05, 0.1) is 6.04 Å². The van der Waals surface area contributed by atoms with Crippen LogP contribution in [0.2, 0.25) is 0 Å². The lowest BCUT2D eigenvalue weighted by molar-refractivity contribution is -0.139. The van der Waals surface area contributed by atoms with Crippen molar-refractivity contribution >= 4 is 5.91 Å². The summed E-state index contributed by atoms with van der Waals surface area (Å²) in [5, 5.41) is 2.87. The molecule has 1 atom stereocenters. The smallest absolute Gasteiger partial charge is 0.346 e. The summed E-state index contributed by atoms with van der Waals surface area (Å²) < 4.78 is 39.5. The summed E-state index contributed by atoms with van der Waals surface area (Å²) in [6.45, 7) is 2.05. The fraction of sp³-hybridized carbons (Fsp3) is 0.400. The van der Waals surface area contributed by atoms with Gasteiger partial charge < -0.3 is 14.8 Å². The number of benzene rings is 1. The monoisotopic (exact) mass is 393 g/mol. The SMILES string of the molecule is O=C(Cn1cccc(C(F)(F)F)c1=O)NC(CN1CCCC1)c1ccccc1. The molecule has 2 aromatic rings. The van der Waals surface area contributed by atoms with Gasteiger partial charge in [0.2, 0.25) is 5.91 Å². The zero-order valence-corrected chi connectivity index (χ0v) is 15.3. The molecule has 0 radical (unpaired) electrons. The van der Waals surface area contributed by atoms with Crippen LogP contribution in [0, 0.1) is 0 Å². The summed E-state index contributed by atoms with van der Waals surface area (Å²) in [4.78, 5) is 26.8. The largest absolute Gasteiger partial charge is 0.421 e. The number of carbonyl (C=O) groups is 1. The van der Waals surface area contributed by atoms with E-state index in [1.807, 2.05) is 30.3 Å². The third-order valence-corrected chi connectivity index (χ3v) is 4.82. The van der Waals surface area contributed by atoms with Crippen LogP contribution in [-0.2, 0) is 17.5 Å². The van der Waals surface area contributed by atoms with E-state index in [0.29, 0.717) is 6.54 Å². The number of halogens is 3. The first-order valence-electron chi connectivity index (χ1n) is 9.18. The second kappa shape index (κ2) is 8.60. The maximum Gasteiger partial charge on any atom is 0.421 e. The number of hydrogen-bond donors (Lipinski definition) is 1. The lowest BCUT2D eigenvalue weighted by atomic mass is 10.1. The number of hydrogen-bond acceptors (Lipinski definition) is 3. The molecule has 0 aliphatic carbocycles. The molecule has 1 aliphatic heterocycles. The van der Waals surface area contributed by atoms with Crippen LogP contribution in [0.15, 0.2) is 53.5 Å². The molecule has 3 rings (SSSR count). The minimum absolute atomic E-state index is 0.298. The number of likely N-dealkylation sites (tertiary alicyclic amines) is 1.